The average Bonchev–Trinajstić information content (AvgIpc) is 2.29. The average molecular weight is 329 g/mol. The summed E-state index contributed by atoms with van der Waals surface area (Å²) < 4.78 is 3.00. The van der Waals surface area contributed by atoms with E-state index in [4.69, 9.17) is 23.2 Å². The number of rotatable bonds is 0. The van der Waals surface area contributed by atoms with Gasteiger partial charge in [-0.1, -0.05) is 23.2 Å². The Morgan fingerprint density at radius 3 is 2.67 bits per heavy atom. The first-order valence-electron chi connectivity index (χ1n) is 3.21. The van der Waals surface area contributed by atoms with Gasteiger partial charge in [-0.25, -0.2) is 0 Å². The molecule has 0 N–H and O–H groups in total. The molecule has 2 aromatic rings. The van der Waals surface area contributed by atoms with Crippen LogP contribution in [0.25, 0.3) is 10.1 Å². The molecule has 0 saturated heterocycles. The largest absolute Gasteiger partial charge is 0.122 e. The third kappa shape index (κ3) is 1.58. The van der Waals surface area contributed by atoms with Gasteiger partial charge in [0.15, 0.2) is 0 Å². The second kappa shape index (κ2) is 3.33. The molecule has 4 heteroatoms. The minimum Gasteiger partial charge on any atom is -0.122 e. The van der Waals surface area contributed by atoms with Gasteiger partial charge in [0.25, 0.3) is 0 Å². The van der Waals surface area contributed by atoms with E-state index in [2.05, 4.69) is 28.7 Å². The number of hydrogen-bond donors (Lipinski definition) is 0. The van der Waals surface area contributed by atoms with Crippen molar-refractivity contribution < 1.29 is 0 Å². The molecular formula is C8H3Cl2IS. The third-order valence-electron chi connectivity index (χ3n) is 1.51. The summed E-state index contributed by atoms with van der Waals surface area (Å²) in [6, 6.07) is 5.96. The first-order chi connectivity index (χ1) is 5.66. The van der Waals surface area contributed by atoms with E-state index in [1.54, 1.807) is 0 Å². The normalized spacial score (nSPS) is 10.9. The quantitative estimate of drug-likeness (QED) is 0.609. The molecule has 62 valence electrons. The predicted molar refractivity (Wildman–Crippen MR) is 64.6 cm³/mol. The molecule has 1 aromatic carbocycles. The Bertz CT molecular complexity index is 436. The molecule has 12 heavy (non-hydrogen) atoms. The Hall–Kier alpha value is 0.490. The van der Waals surface area contributed by atoms with Crippen molar-refractivity contribution in [3.05, 3.63) is 31.1 Å². The van der Waals surface area contributed by atoms with Crippen LogP contribution in [0.1, 0.15) is 0 Å². The van der Waals surface area contributed by atoms with E-state index < -0.39 is 0 Å². The van der Waals surface area contributed by atoms with Crippen LogP contribution in [0.4, 0.5) is 0 Å². The molecule has 0 unspecified atom stereocenters. The van der Waals surface area contributed by atoms with Crippen LogP contribution in [-0.4, -0.2) is 0 Å². The SMILES string of the molecule is Clc1cc2cc(I)cc(Cl)c2s1. The molecule has 0 fully saturated rings. The van der Waals surface area contributed by atoms with Crippen molar-refractivity contribution in [1.29, 1.82) is 0 Å². The van der Waals surface area contributed by atoms with Crippen molar-refractivity contribution in [2.24, 2.45) is 0 Å². The highest BCUT2D eigenvalue weighted by Crippen LogP contribution is 2.35. The summed E-state index contributed by atoms with van der Waals surface area (Å²) in [5.41, 5.74) is 0. The number of hydrogen-bond acceptors (Lipinski definition) is 1. The first-order valence-corrected chi connectivity index (χ1v) is 5.86. The lowest BCUT2D eigenvalue weighted by molar-refractivity contribution is 1.76. The van der Waals surface area contributed by atoms with Crippen LogP contribution in [0, 0.1) is 3.57 Å². The van der Waals surface area contributed by atoms with Gasteiger partial charge in [0.1, 0.15) is 0 Å². The Labute approximate surface area is 97.6 Å². The summed E-state index contributed by atoms with van der Waals surface area (Å²) in [4.78, 5) is 0. The topological polar surface area (TPSA) is 0 Å². The van der Waals surface area contributed by atoms with Crippen molar-refractivity contribution in [3.63, 3.8) is 0 Å². The van der Waals surface area contributed by atoms with Crippen LogP contribution in [0.3, 0.4) is 0 Å². The fraction of sp³-hybridized carbons (Fsp3) is 0. The maximum absolute atomic E-state index is 6.02. The summed E-state index contributed by atoms with van der Waals surface area (Å²) >= 11 is 15.6. The standard InChI is InChI=1S/C8H3Cl2IS/c9-6-3-5(11)1-4-2-7(10)12-8(4)6/h1-3H. The lowest BCUT2D eigenvalue weighted by atomic mass is 10.3. The molecule has 0 aliphatic rings. The van der Waals surface area contributed by atoms with Crippen molar-refractivity contribution in [2.45, 2.75) is 0 Å². The lowest BCUT2D eigenvalue weighted by Gasteiger charge is -1.93. The predicted octanol–water partition coefficient (Wildman–Crippen LogP) is 4.81. The second-order valence-corrected chi connectivity index (χ2v) is 5.69. The maximum Gasteiger partial charge on any atom is 0.0941 e. The minimum absolute atomic E-state index is 0.786. The van der Waals surface area contributed by atoms with Gasteiger partial charge in [-0.05, 0) is 46.2 Å². The zero-order valence-electron chi connectivity index (χ0n) is 5.77. The van der Waals surface area contributed by atoms with Gasteiger partial charge in [-0.15, -0.1) is 11.3 Å². The molecular weight excluding hydrogens is 326 g/mol. The molecule has 1 aromatic heterocycles. The Morgan fingerprint density at radius 1 is 1.17 bits per heavy atom. The molecule has 0 spiro atoms. The third-order valence-corrected chi connectivity index (χ3v) is 3.85. The molecule has 0 bridgehead atoms. The number of halogens is 3. The van der Waals surface area contributed by atoms with E-state index in [-0.39, 0.29) is 0 Å². The van der Waals surface area contributed by atoms with Crippen LogP contribution in [0.15, 0.2) is 18.2 Å². The van der Waals surface area contributed by atoms with Gasteiger partial charge in [-0.2, -0.15) is 0 Å². The molecule has 1 heterocycles. The van der Waals surface area contributed by atoms with Crippen LogP contribution in [0.5, 0.6) is 0 Å². The fourth-order valence-corrected chi connectivity index (χ4v) is 3.34. The molecule has 0 aliphatic heterocycles. The molecule has 0 radical (unpaired) electrons. The molecule has 0 aliphatic carbocycles. The van der Waals surface area contributed by atoms with Crippen molar-refractivity contribution in [3.8, 4) is 0 Å². The highest BCUT2D eigenvalue weighted by atomic mass is 127. The van der Waals surface area contributed by atoms with Gasteiger partial charge in [0.05, 0.1) is 14.1 Å². The van der Waals surface area contributed by atoms with E-state index in [1.807, 2.05) is 12.1 Å². The highest BCUT2D eigenvalue weighted by molar-refractivity contribution is 14.1. The minimum atomic E-state index is 0.786. The van der Waals surface area contributed by atoms with E-state index in [0.717, 1.165) is 23.0 Å². The maximum atomic E-state index is 6.02. The van der Waals surface area contributed by atoms with Crippen LogP contribution >= 0.6 is 57.1 Å². The van der Waals surface area contributed by atoms with Crippen molar-refractivity contribution in [1.82, 2.24) is 0 Å². The lowest BCUT2D eigenvalue weighted by Crippen LogP contribution is -1.70. The summed E-state index contributed by atoms with van der Waals surface area (Å²) in [6.07, 6.45) is 0. The highest BCUT2D eigenvalue weighted by Gasteiger charge is 2.04. The van der Waals surface area contributed by atoms with E-state index in [9.17, 15) is 0 Å². The molecule has 2 rings (SSSR count). The monoisotopic (exact) mass is 328 g/mol. The number of fused-ring (bicyclic) bond motifs is 1. The summed E-state index contributed by atoms with van der Waals surface area (Å²) in [5.74, 6) is 0. The van der Waals surface area contributed by atoms with E-state index in [1.165, 1.54) is 11.3 Å². The van der Waals surface area contributed by atoms with E-state index >= 15 is 0 Å². The van der Waals surface area contributed by atoms with Gasteiger partial charge in [-0.3, -0.25) is 0 Å². The van der Waals surface area contributed by atoms with Gasteiger partial charge in [0.2, 0.25) is 0 Å². The molecule has 0 saturated carbocycles. The molecule has 0 nitrogen and oxygen atoms in total. The van der Waals surface area contributed by atoms with Crippen LogP contribution in [0.2, 0.25) is 9.36 Å². The second-order valence-electron chi connectivity index (χ2n) is 2.36. The smallest absolute Gasteiger partial charge is 0.0941 e. The summed E-state index contributed by atoms with van der Waals surface area (Å²) in [6.45, 7) is 0. The van der Waals surface area contributed by atoms with E-state index in [0.29, 0.717) is 0 Å². The Kier molecular flexibility index (Phi) is 2.51. The fourth-order valence-electron chi connectivity index (χ4n) is 1.04. The molecule has 0 atom stereocenters. The van der Waals surface area contributed by atoms with Crippen molar-refractivity contribution in [2.75, 3.05) is 0 Å². The summed E-state index contributed by atoms with van der Waals surface area (Å²) in [7, 11) is 0. The van der Waals surface area contributed by atoms with Gasteiger partial charge in [0, 0.05) is 3.57 Å². The molecule has 0 amide bonds. The van der Waals surface area contributed by atoms with Gasteiger partial charge < -0.3 is 0 Å². The Morgan fingerprint density at radius 2 is 1.92 bits per heavy atom. The van der Waals surface area contributed by atoms with Crippen molar-refractivity contribution >= 4 is 67.2 Å². The van der Waals surface area contributed by atoms with Crippen LogP contribution in [-0.2, 0) is 0 Å². The van der Waals surface area contributed by atoms with Crippen LogP contribution < -0.4 is 0 Å². The number of thiophene rings is 1. The summed E-state index contributed by atoms with van der Waals surface area (Å²) in [5, 5.41) is 1.91. The zero-order valence-corrected chi connectivity index (χ0v) is 10.3. The zero-order chi connectivity index (χ0) is 8.72. The Balaban J connectivity index is 2.88. The van der Waals surface area contributed by atoms with Gasteiger partial charge >= 0.3 is 0 Å². The number of benzene rings is 1. The first kappa shape index (κ1) is 9.06.